The monoisotopic (exact) mass is 237 g/mol. The highest BCUT2D eigenvalue weighted by Crippen LogP contribution is 2.29. The lowest BCUT2D eigenvalue weighted by Crippen LogP contribution is -2.30. The van der Waals surface area contributed by atoms with Crippen LogP contribution in [0.1, 0.15) is 11.6 Å². The Labute approximate surface area is 99.6 Å². The number of aliphatic hydroxyl groups is 1. The Hall–Kier alpha value is -1.75. The third kappa shape index (κ3) is 2.34. The summed E-state index contributed by atoms with van der Waals surface area (Å²) < 4.78 is 10.1. The van der Waals surface area contributed by atoms with E-state index in [-0.39, 0.29) is 25.3 Å². The molecule has 1 aromatic carbocycles. The molecule has 0 aliphatic carbocycles. The predicted molar refractivity (Wildman–Crippen MR) is 60.9 cm³/mol. The fourth-order valence-electron chi connectivity index (χ4n) is 1.93. The zero-order valence-electron chi connectivity index (χ0n) is 9.63. The highest BCUT2D eigenvalue weighted by molar-refractivity contribution is 5.70. The van der Waals surface area contributed by atoms with Crippen molar-refractivity contribution in [3.8, 4) is 5.75 Å². The lowest BCUT2D eigenvalue weighted by atomic mass is 10.1. The Morgan fingerprint density at radius 3 is 3.12 bits per heavy atom. The van der Waals surface area contributed by atoms with Crippen LogP contribution in [-0.4, -0.2) is 43.0 Å². The Morgan fingerprint density at radius 2 is 2.41 bits per heavy atom. The molecule has 0 aromatic heterocycles. The molecule has 92 valence electrons. The van der Waals surface area contributed by atoms with Gasteiger partial charge < -0.3 is 14.6 Å². The smallest absolute Gasteiger partial charge is 0.410 e. The Bertz CT molecular complexity index is 407. The van der Waals surface area contributed by atoms with Gasteiger partial charge in [-0.05, 0) is 17.7 Å². The highest BCUT2D eigenvalue weighted by Gasteiger charge is 2.33. The van der Waals surface area contributed by atoms with Gasteiger partial charge in [0.25, 0.3) is 0 Å². The molecule has 1 saturated heterocycles. The zero-order chi connectivity index (χ0) is 12.3. The second-order valence-corrected chi connectivity index (χ2v) is 3.79. The van der Waals surface area contributed by atoms with Gasteiger partial charge in [0.05, 0.1) is 19.8 Å². The molecule has 1 N–H and O–H groups in total. The van der Waals surface area contributed by atoms with Crippen LogP contribution in [0.3, 0.4) is 0 Å². The summed E-state index contributed by atoms with van der Waals surface area (Å²) >= 11 is 0. The number of nitrogens with zero attached hydrogens (tertiary/aromatic N) is 1. The molecule has 17 heavy (non-hydrogen) atoms. The second kappa shape index (κ2) is 5.05. The van der Waals surface area contributed by atoms with Gasteiger partial charge in [0.1, 0.15) is 12.4 Å². The largest absolute Gasteiger partial charge is 0.497 e. The number of hydrogen-bond acceptors (Lipinski definition) is 4. The highest BCUT2D eigenvalue weighted by atomic mass is 16.6. The summed E-state index contributed by atoms with van der Waals surface area (Å²) in [4.78, 5) is 13.0. The van der Waals surface area contributed by atoms with E-state index in [1.165, 1.54) is 4.90 Å². The molecule has 1 aliphatic heterocycles. The summed E-state index contributed by atoms with van der Waals surface area (Å²) in [5, 5.41) is 8.94. The first-order valence-corrected chi connectivity index (χ1v) is 5.44. The molecule has 1 amide bonds. The lowest BCUT2D eigenvalue weighted by Gasteiger charge is -2.20. The van der Waals surface area contributed by atoms with Gasteiger partial charge >= 0.3 is 6.09 Å². The van der Waals surface area contributed by atoms with Crippen LogP contribution >= 0.6 is 0 Å². The van der Waals surface area contributed by atoms with Gasteiger partial charge in [0.15, 0.2) is 0 Å². The van der Waals surface area contributed by atoms with E-state index in [0.717, 1.165) is 11.3 Å². The van der Waals surface area contributed by atoms with Gasteiger partial charge in [-0.3, -0.25) is 4.90 Å². The van der Waals surface area contributed by atoms with Crippen molar-refractivity contribution in [3.63, 3.8) is 0 Å². The number of benzene rings is 1. The summed E-state index contributed by atoms with van der Waals surface area (Å²) in [5.41, 5.74) is 0.948. The summed E-state index contributed by atoms with van der Waals surface area (Å²) in [6, 6.07) is 7.35. The van der Waals surface area contributed by atoms with Crippen LogP contribution in [-0.2, 0) is 4.74 Å². The van der Waals surface area contributed by atoms with Gasteiger partial charge in [-0.25, -0.2) is 4.79 Å². The maximum atomic E-state index is 11.5. The van der Waals surface area contributed by atoms with E-state index >= 15 is 0 Å². The van der Waals surface area contributed by atoms with E-state index in [1.807, 2.05) is 24.3 Å². The van der Waals surface area contributed by atoms with E-state index in [9.17, 15) is 4.79 Å². The molecule has 5 nitrogen and oxygen atoms in total. The molecule has 1 heterocycles. The molecule has 1 atom stereocenters. The average Bonchev–Trinajstić information content (AvgIpc) is 2.72. The molecule has 0 bridgehead atoms. The molecule has 1 fully saturated rings. The normalized spacial score (nSPS) is 19.3. The second-order valence-electron chi connectivity index (χ2n) is 3.79. The van der Waals surface area contributed by atoms with Gasteiger partial charge in [-0.15, -0.1) is 0 Å². The zero-order valence-corrected chi connectivity index (χ0v) is 9.63. The van der Waals surface area contributed by atoms with Crippen molar-refractivity contribution in [2.24, 2.45) is 0 Å². The van der Waals surface area contributed by atoms with Crippen molar-refractivity contribution in [2.75, 3.05) is 26.9 Å². The molecule has 1 aromatic rings. The Balaban J connectivity index is 2.22. The minimum Gasteiger partial charge on any atom is -0.497 e. The number of hydrogen-bond donors (Lipinski definition) is 1. The van der Waals surface area contributed by atoms with Crippen molar-refractivity contribution in [3.05, 3.63) is 29.8 Å². The van der Waals surface area contributed by atoms with Crippen LogP contribution in [0.5, 0.6) is 5.75 Å². The molecule has 2 rings (SSSR count). The molecule has 1 unspecified atom stereocenters. The molecule has 0 spiro atoms. The number of carbonyl (C=O) groups excluding carboxylic acids is 1. The molecular formula is C12H15NO4. The van der Waals surface area contributed by atoms with Crippen molar-refractivity contribution >= 4 is 6.09 Å². The Kier molecular flexibility index (Phi) is 3.49. The first-order valence-electron chi connectivity index (χ1n) is 5.44. The minimum absolute atomic E-state index is 0.0738. The van der Waals surface area contributed by atoms with Gasteiger partial charge in [-0.2, -0.15) is 0 Å². The first kappa shape index (κ1) is 11.7. The maximum Gasteiger partial charge on any atom is 0.410 e. The molecule has 0 radical (unpaired) electrons. The third-order valence-electron chi connectivity index (χ3n) is 2.79. The number of aliphatic hydroxyl groups excluding tert-OH is 1. The summed E-state index contributed by atoms with van der Waals surface area (Å²) in [6.45, 7) is 0.516. The molecule has 5 heteroatoms. The number of rotatable bonds is 4. The fourth-order valence-corrected chi connectivity index (χ4v) is 1.93. The number of amides is 1. The number of methoxy groups -OCH3 is 1. The summed E-state index contributed by atoms with van der Waals surface area (Å²) in [6.07, 6.45) is -0.383. The molecule has 0 saturated carbocycles. The fraction of sp³-hybridized carbons (Fsp3) is 0.417. The van der Waals surface area contributed by atoms with Crippen molar-refractivity contribution in [1.82, 2.24) is 4.90 Å². The van der Waals surface area contributed by atoms with Crippen LogP contribution in [0.2, 0.25) is 0 Å². The van der Waals surface area contributed by atoms with Crippen molar-refractivity contribution < 1.29 is 19.4 Å². The third-order valence-corrected chi connectivity index (χ3v) is 2.79. The summed E-state index contributed by atoms with van der Waals surface area (Å²) in [7, 11) is 1.60. The van der Waals surface area contributed by atoms with Crippen LogP contribution < -0.4 is 4.74 Å². The maximum absolute atomic E-state index is 11.5. The minimum atomic E-state index is -0.383. The molecule has 1 aliphatic rings. The van der Waals surface area contributed by atoms with Crippen molar-refractivity contribution in [2.45, 2.75) is 6.04 Å². The van der Waals surface area contributed by atoms with Crippen molar-refractivity contribution in [1.29, 1.82) is 0 Å². The van der Waals surface area contributed by atoms with Crippen LogP contribution in [0.15, 0.2) is 24.3 Å². The Morgan fingerprint density at radius 1 is 1.59 bits per heavy atom. The topological polar surface area (TPSA) is 59.0 Å². The SMILES string of the molecule is COc1cccc(C2COC(=O)N2CCO)c1. The first-order chi connectivity index (χ1) is 8.26. The van der Waals surface area contributed by atoms with E-state index in [2.05, 4.69) is 0 Å². The van der Waals surface area contributed by atoms with E-state index in [0.29, 0.717) is 6.61 Å². The summed E-state index contributed by atoms with van der Waals surface area (Å²) in [5.74, 6) is 0.741. The van der Waals surface area contributed by atoms with Crippen LogP contribution in [0.25, 0.3) is 0 Å². The quantitative estimate of drug-likeness (QED) is 0.854. The van der Waals surface area contributed by atoms with E-state index in [4.69, 9.17) is 14.6 Å². The van der Waals surface area contributed by atoms with Gasteiger partial charge in [0, 0.05) is 6.54 Å². The van der Waals surface area contributed by atoms with Crippen LogP contribution in [0.4, 0.5) is 4.79 Å². The standard InChI is InChI=1S/C12H15NO4/c1-16-10-4-2-3-9(7-10)11-8-17-12(15)13(11)5-6-14/h2-4,7,11,14H,5-6,8H2,1H3. The van der Waals surface area contributed by atoms with Crippen LogP contribution in [0, 0.1) is 0 Å². The number of ether oxygens (including phenoxy) is 2. The van der Waals surface area contributed by atoms with E-state index in [1.54, 1.807) is 7.11 Å². The lowest BCUT2D eigenvalue weighted by molar-refractivity contribution is 0.148. The average molecular weight is 237 g/mol. The number of cyclic esters (lactones) is 1. The van der Waals surface area contributed by atoms with E-state index < -0.39 is 0 Å². The predicted octanol–water partition coefficient (Wildman–Crippen LogP) is 1.18. The van der Waals surface area contributed by atoms with Gasteiger partial charge in [0.2, 0.25) is 0 Å². The number of β-amino-alcohol motifs (C(OH)–C–C–N with tert-alkyl or cyclic N) is 1. The van der Waals surface area contributed by atoms with Gasteiger partial charge in [-0.1, -0.05) is 12.1 Å². The molecular weight excluding hydrogens is 222 g/mol. The number of carbonyl (C=O) groups is 1.